The highest BCUT2D eigenvalue weighted by Crippen LogP contribution is 2.40. The number of unbranched alkanes of at least 4 members (excludes halogenated alkanes) is 2. The minimum absolute atomic E-state index is 0.0249. The van der Waals surface area contributed by atoms with E-state index in [0.717, 1.165) is 32.4 Å². The number of hydrogen-bond donors (Lipinski definition) is 4. The zero-order chi connectivity index (χ0) is 20.4. The molecule has 2 amide bonds. The Morgan fingerprint density at radius 1 is 1.32 bits per heavy atom. The molecule has 1 radical (unpaired) electrons. The van der Waals surface area contributed by atoms with Crippen molar-refractivity contribution in [1.29, 1.82) is 0 Å². The molecule has 0 bridgehead atoms. The van der Waals surface area contributed by atoms with Crippen molar-refractivity contribution in [3.63, 3.8) is 0 Å². The van der Waals surface area contributed by atoms with Crippen molar-refractivity contribution in [2.45, 2.75) is 68.7 Å². The summed E-state index contributed by atoms with van der Waals surface area (Å²) in [5, 5.41) is 18.0. The smallest absolute Gasteiger partial charge is 0.319 e. The van der Waals surface area contributed by atoms with E-state index in [0.29, 0.717) is 62.0 Å². The molecule has 0 aromatic heterocycles. The summed E-state index contributed by atoms with van der Waals surface area (Å²) < 4.78 is 0. The third-order valence-electron chi connectivity index (χ3n) is 5.30. The van der Waals surface area contributed by atoms with Gasteiger partial charge in [-0.3, -0.25) is 14.4 Å². The van der Waals surface area contributed by atoms with Gasteiger partial charge in [-0.05, 0) is 32.1 Å². The first-order valence-electron chi connectivity index (χ1n) is 9.94. The van der Waals surface area contributed by atoms with E-state index in [1.54, 1.807) is 0 Å². The number of carbonyl (C=O) groups excluding carboxylic acids is 3. The molecule has 28 heavy (non-hydrogen) atoms. The topological polar surface area (TPSA) is 125 Å². The van der Waals surface area contributed by atoms with E-state index in [2.05, 4.69) is 15.9 Å². The Hall–Kier alpha value is -1.55. The van der Waals surface area contributed by atoms with E-state index in [9.17, 15) is 19.2 Å². The lowest BCUT2D eigenvalue weighted by Gasteiger charge is -2.15. The van der Waals surface area contributed by atoms with Gasteiger partial charge in [0.1, 0.15) is 0 Å². The van der Waals surface area contributed by atoms with E-state index in [-0.39, 0.29) is 11.8 Å². The average Bonchev–Trinajstić information content (AvgIpc) is 3.20. The number of rotatable bonds is 14. The molecule has 10 heteroatoms. The van der Waals surface area contributed by atoms with Gasteiger partial charge in [0.2, 0.25) is 11.8 Å². The molecule has 2 aliphatic heterocycles. The summed E-state index contributed by atoms with van der Waals surface area (Å²) in [7, 11) is 1.09. The third kappa shape index (κ3) is 7.46. The number of thioether (sulfide) groups is 1. The molecule has 2 fully saturated rings. The normalized spacial score (nSPS) is 24.3. The van der Waals surface area contributed by atoms with Crippen LogP contribution in [0, 0.1) is 5.92 Å². The second-order valence-electron chi connectivity index (χ2n) is 7.37. The molecular formula is C18H29BN3O5S. The van der Waals surface area contributed by atoms with Crippen molar-refractivity contribution < 1.29 is 24.3 Å². The first kappa shape index (κ1) is 22.7. The van der Waals surface area contributed by atoms with Crippen LogP contribution in [0.2, 0.25) is 0 Å². The highest BCUT2D eigenvalue weighted by molar-refractivity contribution is 8.00. The predicted molar refractivity (Wildman–Crippen MR) is 109 cm³/mol. The second kappa shape index (κ2) is 12.1. The minimum atomic E-state index is -0.994. The zero-order valence-electron chi connectivity index (χ0n) is 16.0. The van der Waals surface area contributed by atoms with Crippen LogP contribution < -0.4 is 15.9 Å². The number of nitrogens with one attached hydrogen (secondary N) is 3. The largest absolute Gasteiger partial charge is 0.480 e. The van der Waals surface area contributed by atoms with E-state index < -0.39 is 12.0 Å². The van der Waals surface area contributed by atoms with Crippen LogP contribution in [0.5, 0.6) is 0 Å². The maximum Gasteiger partial charge on any atom is 0.319 e. The van der Waals surface area contributed by atoms with Gasteiger partial charge in [0.05, 0.1) is 12.2 Å². The molecule has 155 valence electrons. The fraction of sp³-hybridized carbons (Fsp3) is 0.778. The molecule has 4 N–H and O–H groups in total. The van der Waals surface area contributed by atoms with Crippen molar-refractivity contribution in [1.82, 2.24) is 15.9 Å². The molecule has 0 spiro atoms. The summed E-state index contributed by atoms with van der Waals surface area (Å²) in [5.41, 5.74) is 0. The Morgan fingerprint density at radius 2 is 2.14 bits per heavy atom. The van der Waals surface area contributed by atoms with E-state index in [1.165, 1.54) is 0 Å². The third-order valence-corrected chi connectivity index (χ3v) is 6.86. The molecule has 4 atom stereocenters. The summed E-state index contributed by atoms with van der Waals surface area (Å²) in [6.07, 6.45) is 6.28. The minimum Gasteiger partial charge on any atom is -0.480 e. The molecule has 2 aliphatic rings. The monoisotopic (exact) mass is 410 g/mol. The zero-order valence-corrected chi connectivity index (χ0v) is 16.8. The van der Waals surface area contributed by atoms with E-state index >= 15 is 0 Å². The molecular weight excluding hydrogens is 381 g/mol. The molecule has 0 aromatic carbocycles. The van der Waals surface area contributed by atoms with Crippen molar-refractivity contribution in [3.8, 4) is 0 Å². The average molecular weight is 410 g/mol. The first-order chi connectivity index (χ1) is 13.5. The number of aliphatic carboxylic acids is 1. The molecule has 0 aliphatic carbocycles. The van der Waals surface area contributed by atoms with E-state index in [4.69, 9.17) is 5.11 Å². The summed E-state index contributed by atoms with van der Waals surface area (Å²) in [4.78, 5) is 44.6. The van der Waals surface area contributed by atoms with Gasteiger partial charge in [0, 0.05) is 42.3 Å². The summed E-state index contributed by atoms with van der Waals surface area (Å²) in [5.74, 6) is 0.669. The Bertz CT molecular complexity index is 565. The Morgan fingerprint density at radius 3 is 2.89 bits per heavy atom. The second-order valence-corrected chi connectivity index (χ2v) is 8.64. The van der Waals surface area contributed by atoms with Gasteiger partial charge in [-0.15, -0.1) is 0 Å². The van der Waals surface area contributed by atoms with Crippen LogP contribution in [-0.2, 0) is 19.2 Å². The predicted octanol–water partition coefficient (Wildman–Crippen LogP) is 0.306. The number of hydrogen-bond acceptors (Lipinski definition) is 6. The van der Waals surface area contributed by atoms with Gasteiger partial charge >= 0.3 is 5.97 Å². The Balaban J connectivity index is 1.47. The Labute approximate surface area is 170 Å². The van der Waals surface area contributed by atoms with Gasteiger partial charge < -0.3 is 25.8 Å². The van der Waals surface area contributed by atoms with Gasteiger partial charge in [-0.25, -0.2) is 0 Å². The van der Waals surface area contributed by atoms with Crippen molar-refractivity contribution >= 4 is 43.1 Å². The summed E-state index contributed by atoms with van der Waals surface area (Å²) >= 11 is 1.94. The quantitative estimate of drug-likeness (QED) is 0.185. The lowest BCUT2D eigenvalue weighted by atomic mass is 9.94. The van der Waals surface area contributed by atoms with Gasteiger partial charge in [0.15, 0.2) is 0 Å². The lowest BCUT2D eigenvalue weighted by molar-refractivity contribution is -0.139. The fourth-order valence-electron chi connectivity index (χ4n) is 3.79. The highest BCUT2D eigenvalue weighted by atomic mass is 32.2. The van der Waals surface area contributed by atoms with Crippen molar-refractivity contribution in [3.05, 3.63) is 0 Å². The highest BCUT2D eigenvalue weighted by Gasteiger charge is 2.42. The van der Waals surface area contributed by atoms with Crippen molar-refractivity contribution in [2.24, 2.45) is 5.92 Å². The number of amides is 2. The lowest BCUT2D eigenvalue weighted by Crippen LogP contribution is -2.39. The van der Waals surface area contributed by atoms with Crippen LogP contribution >= 0.6 is 11.8 Å². The fourth-order valence-corrected chi connectivity index (χ4v) is 5.44. The molecule has 8 nitrogen and oxygen atoms in total. The van der Waals surface area contributed by atoms with Gasteiger partial charge in [-0.2, -0.15) is 11.8 Å². The van der Waals surface area contributed by atoms with Crippen LogP contribution in [0.15, 0.2) is 0 Å². The molecule has 0 saturated carbocycles. The maximum atomic E-state index is 11.9. The number of fused-ring (bicyclic) bond motifs is 1. The number of carboxylic acids is 1. The SMILES string of the molecule is O=C[B]NC(CCCCNC(=O)CCCCC1SCC2NC(=O)CC21)C(=O)O. The van der Waals surface area contributed by atoms with E-state index in [1.807, 2.05) is 11.8 Å². The molecule has 0 aromatic rings. The molecule has 2 rings (SSSR count). The van der Waals surface area contributed by atoms with Crippen LogP contribution in [0.1, 0.15) is 51.4 Å². The molecule has 2 saturated heterocycles. The number of carboxylic acid groups (broad SMARTS) is 1. The van der Waals surface area contributed by atoms with Crippen LogP contribution in [-0.4, -0.2) is 66.1 Å². The summed E-state index contributed by atoms with van der Waals surface area (Å²) in [6.45, 7) is 0.526. The molecule has 2 heterocycles. The van der Waals surface area contributed by atoms with Crippen LogP contribution in [0.4, 0.5) is 0 Å². The Kier molecular flexibility index (Phi) is 9.84. The van der Waals surface area contributed by atoms with Gasteiger partial charge in [0.25, 0.3) is 7.41 Å². The standard InChI is InChI=1S/C18H29BN3O5S/c23-11-19-22-13(18(26)27)5-3-4-8-20-16(24)7-2-1-6-15-12-9-17(25)21-14(12)10-28-15/h11-15,22H,1-10H2,(H,20,24)(H,21,25)(H,26,27). The summed E-state index contributed by atoms with van der Waals surface area (Å²) in [6, 6.07) is -0.433. The van der Waals surface area contributed by atoms with Gasteiger partial charge in [-0.1, -0.05) is 6.42 Å². The maximum absolute atomic E-state index is 11.9. The van der Waals surface area contributed by atoms with Crippen LogP contribution in [0.3, 0.4) is 0 Å². The molecule has 4 unspecified atom stereocenters. The van der Waals surface area contributed by atoms with Crippen molar-refractivity contribution in [2.75, 3.05) is 12.3 Å². The van der Waals surface area contributed by atoms with Crippen LogP contribution in [0.25, 0.3) is 0 Å². The first-order valence-corrected chi connectivity index (χ1v) is 11.0. The number of carbonyl (C=O) groups is 4.